The van der Waals surface area contributed by atoms with Crippen molar-refractivity contribution >= 4 is 40.3 Å². The second-order valence-corrected chi connectivity index (χ2v) is 16.1. The number of pyridine rings is 1. The van der Waals surface area contributed by atoms with E-state index in [1.165, 1.54) is 38.9 Å². The van der Waals surface area contributed by atoms with Gasteiger partial charge in [-0.1, -0.05) is 102 Å². The molecule has 0 radical (unpaired) electrons. The van der Waals surface area contributed by atoms with E-state index in [2.05, 4.69) is 129 Å². The number of ketones is 1. The molecule has 0 amide bonds. The molecule has 3 aliphatic carbocycles. The summed E-state index contributed by atoms with van der Waals surface area (Å²) >= 11 is 1.81. The van der Waals surface area contributed by atoms with Crippen molar-refractivity contribution in [2.24, 2.45) is 5.92 Å². The van der Waals surface area contributed by atoms with Crippen LogP contribution in [0.15, 0.2) is 156 Å². The highest BCUT2D eigenvalue weighted by atomic mass is 32.2. The van der Waals surface area contributed by atoms with E-state index in [4.69, 9.17) is 10.4 Å². The predicted octanol–water partition coefficient (Wildman–Crippen LogP) is 11.1. The normalized spacial score (nSPS) is 22.6. The number of thioether (sulfide) groups is 1. The molecule has 10 rings (SSSR count). The number of hydrogen-bond donors (Lipinski definition) is 1. The third-order valence-electron chi connectivity index (χ3n) is 11.6. The van der Waals surface area contributed by atoms with Crippen LogP contribution in [-0.2, 0) is 10.2 Å². The SMILES string of the molecule is Cc1ccc(N(c2ccc(C)cc2)c2ccc3c(c2)C2(c4ccccc4-c4cccnc42)C2C=C(/C=C4/C(=N)c5ccccc5C4=O)SC32C)cc1. The van der Waals surface area contributed by atoms with Crippen molar-refractivity contribution in [2.75, 3.05) is 4.90 Å². The third-order valence-corrected chi connectivity index (χ3v) is 13.0. The summed E-state index contributed by atoms with van der Waals surface area (Å²) in [6.45, 7) is 6.61. The van der Waals surface area contributed by atoms with Gasteiger partial charge in [-0.15, -0.1) is 11.8 Å². The molecular weight excluding hydrogens is 655 g/mol. The molecule has 4 aliphatic rings. The number of carbonyl (C=O) groups excluding carboxylic acids is 1. The summed E-state index contributed by atoms with van der Waals surface area (Å²) in [5.74, 6) is -0.0748. The molecule has 1 N–H and O–H groups in total. The minimum absolute atomic E-state index is 0.000311. The Kier molecular flexibility index (Phi) is 6.62. The maximum absolute atomic E-state index is 13.6. The average molecular weight is 690 g/mol. The summed E-state index contributed by atoms with van der Waals surface area (Å²) in [4.78, 5) is 22.2. The Labute approximate surface area is 308 Å². The van der Waals surface area contributed by atoms with Crippen LogP contribution in [0.3, 0.4) is 0 Å². The highest BCUT2D eigenvalue weighted by molar-refractivity contribution is 8.04. The van der Waals surface area contributed by atoms with Crippen LogP contribution in [0.4, 0.5) is 17.1 Å². The van der Waals surface area contributed by atoms with Gasteiger partial charge in [0.25, 0.3) is 0 Å². The molecular formula is C47H35N3OS. The van der Waals surface area contributed by atoms with Crippen molar-refractivity contribution in [3.63, 3.8) is 0 Å². The van der Waals surface area contributed by atoms with Gasteiger partial charge in [0.05, 0.1) is 21.6 Å². The van der Waals surface area contributed by atoms with E-state index < -0.39 is 5.41 Å². The second-order valence-electron chi connectivity index (χ2n) is 14.6. The van der Waals surface area contributed by atoms with Crippen molar-refractivity contribution in [3.8, 4) is 11.1 Å². The molecule has 52 heavy (non-hydrogen) atoms. The van der Waals surface area contributed by atoms with Crippen molar-refractivity contribution in [1.82, 2.24) is 4.98 Å². The zero-order chi connectivity index (χ0) is 35.4. The van der Waals surface area contributed by atoms with Gasteiger partial charge in [-0.05, 0) is 91.6 Å². The number of nitrogens with zero attached hydrogens (tertiary/aromatic N) is 2. The maximum Gasteiger partial charge on any atom is 0.195 e. The number of aryl methyl sites for hydroxylation is 2. The highest BCUT2D eigenvalue weighted by Crippen LogP contribution is 2.72. The fraction of sp³-hybridized carbons (Fsp3) is 0.128. The van der Waals surface area contributed by atoms with Gasteiger partial charge in [-0.3, -0.25) is 15.2 Å². The van der Waals surface area contributed by atoms with Crippen LogP contribution in [0.25, 0.3) is 11.1 Å². The van der Waals surface area contributed by atoms with Crippen LogP contribution in [0.2, 0.25) is 0 Å². The second kappa shape index (κ2) is 11.1. The molecule has 0 saturated heterocycles. The van der Waals surface area contributed by atoms with Gasteiger partial charge in [-0.25, -0.2) is 0 Å². The number of nitrogens with one attached hydrogen (secondary N) is 1. The smallest absolute Gasteiger partial charge is 0.195 e. The zero-order valence-corrected chi connectivity index (χ0v) is 30.0. The van der Waals surface area contributed by atoms with Gasteiger partial charge in [0.15, 0.2) is 5.78 Å². The van der Waals surface area contributed by atoms with Crippen LogP contribution in [0.5, 0.6) is 0 Å². The van der Waals surface area contributed by atoms with Crippen LogP contribution in [0.1, 0.15) is 56.4 Å². The fourth-order valence-corrected chi connectivity index (χ4v) is 10.8. The molecule has 0 fully saturated rings. The largest absolute Gasteiger partial charge is 0.310 e. The van der Waals surface area contributed by atoms with Crippen molar-refractivity contribution in [2.45, 2.75) is 30.9 Å². The number of anilines is 3. The van der Waals surface area contributed by atoms with Gasteiger partial charge in [0.1, 0.15) is 0 Å². The van der Waals surface area contributed by atoms with Crippen LogP contribution in [-0.4, -0.2) is 16.5 Å². The summed E-state index contributed by atoms with van der Waals surface area (Å²) in [7, 11) is 0. The monoisotopic (exact) mass is 689 g/mol. The molecule has 6 aromatic rings. The molecule has 5 aromatic carbocycles. The number of Topliss-reactive ketones (excluding diaryl/α,β-unsaturated/α-hetero) is 1. The maximum atomic E-state index is 13.6. The summed E-state index contributed by atoms with van der Waals surface area (Å²) < 4.78 is -0.359. The number of rotatable bonds is 4. The Balaban J connectivity index is 1.20. The van der Waals surface area contributed by atoms with Crippen LogP contribution < -0.4 is 4.90 Å². The molecule has 2 heterocycles. The van der Waals surface area contributed by atoms with E-state index in [1.807, 2.05) is 54.4 Å². The standard InChI is InChI=1S/C47H35N3OS/c1-28-14-18-30(19-15-28)50(31-20-16-29(2)17-21-31)32-22-23-40-41(25-32)47(39-13-7-6-9-34(39)37-12-8-24-49-45(37)47)42-27-33(52-46(40,42)3)26-38-43(48)35-10-4-5-11-36(35)44(38)51/h4-27,42,48H,1-3H3/b38-26-,48-43?. The summed E-state index contributed by atoms with van der Waals surface area (Å²) in [6, 6.07) is 45.1. The molecule has 3 unspecified atom stereocenters. The van der Waals surface area contributed by atoms with Crippen molar-refractivity contribution < 1.29 is 4.79 Å². The molecule has 3 atom stereocenters. The zero-order valence-electron chi connectivity index (χ0n) is 29.1. The molecule has 0 saturated carbocycles. The van der Waals surface area contributed by atoms with E-state index in [9.17, 15) is 4.79 Å². The highest BCUT2D eigenvalue weighted by Gasteiger charge is 2.65. The first kappa shape index (κ1) is 31.0. The Morgan fingerprint density at radius 3 is 2.00 bits per heavy atom. The van der Waals surface area contributed by atoms with Gasteiger partial charge in [-0.2, -0.15) is 0 Å². The lowest BCUT2D eigenvalue weighted by atomic mass is 9.68. The third kappa shape index (κ3) is 4.14. The number of benzene rings is 5. The molecule has 1 spiro atoms. The van der Waals surface area contributed by atoms with Gasteiger partial charge < -0.3 is 4.90 Å². The summed E-state index contributed by atoms with van der Waals surface area (Å²) in [5, 5.41) is 8.95. The minimum atomic E-state index is -0.567. The lowest BCUT2D eigenvalue weighted by molar-refractivity contribution is 0.104. The Bertz CT molecular complexity index is 2450. The average Bonchev–Trinajstić information content (AvgIpc) is 3.81. The molecule has 5 heteroatoms. The molecule has 1 aliphatic heterocycles. The summed E-state index contributed by atoms with van der Waals surface area (Å²) in [5.41, 5.74) is 14.5. The first-order valence-corrected chi connectivity index (χ1v) is 18.6. The number of allylic oxidation sites excluding steroid dienone is 3. The van der Waals surface area contributed by atoms with Crippen molar-refractivity contribution in [1.29, 1.82) is 5.41 Å². The molecule has 1 aromatic heterocycles. The van der Waals surface area contributed by atoms with Gasteiger partial charge >= 0.3 is 0 Å². The fourth-order valence-electron chi connectivity index (χ4n) is 9.23. The molecule has 4 nitrogen and oxygen atoms in total. The topological polar surface area (TPSA) is 57.1 Å². The Morgan fingerprint density at radius 1 is 0.692 bits per heavy atom. The molecule has 250 valence electrons. The van der Waals surface area contributed by atoms with E-state index in [-0.39, 0.29) is 16.4 Å². The minimum Gasteiger partial charge on any atom is -0.310 e. The van der Waals surface area contributed by atoms with E-state index in [0.717, 1.165) is 27.7 Å². The Hall–Kier alpha value is -5.78. The number of aromatic nitrogens is 1. The quantitative estimate of drug-likeness (QED) is 0.187. The van der Waals surface area contributed by atoms with Crippen LogP contribution in [0, 0.1) is 25.2 Å². The van der Waals surface area contributed by atoms with Gasteiger partial charge in [0, 0.05) is 56.3 Å². The lowest BCUT2D eigenvalue weighted by Gasteiger charge is -2.35. The lowest BCUT2D eigenvalue weighted by Crippen LogP contribution is -2.36. The number of hydrogen-bond acceptors (Lipinski definition) is 5. The first-order chi connectivity index (χ1) is 25.3. The summed E-state index contributed by atoms with van der Waals surface area (Å²) in [6.07, 6.45) is 6.28. The van der Waals surface area contributed by atoms with Crippen LogP contribution >= 0.6 is 11.8 Å². The first-order valence-electron chi connectivity index (χ1n) is 17.8. The predicted molar refractivity (Wildman–Crippen MR) is 212 cm³/mol. The van der Waals surface area contributed by atoms with Gasteiger partial charge in [0.2, 0.25) is 0 Å². The number of fused-ring (bicyclic) bond motifs is 11. The molecule has 0 bridgehead atoms. The van der Waals surface area contributed by atoms with E-state index in [0.29, 0.717) is 22.4 Å². The van der Waals surface area contributed by atoms with E-state index >= 15 is 0 Å². The Morgan fingerprint density at radius 2 is 1.31 bits per heavy atom. The van der Waals surface area contributed by atoms with E-state index in [1.54, 1.807) is 0 Å². The van der Waals surface area contributed by atoms with Crippen molar-refractivity contribution in [3.05, 3.63) is 201 Å². The number of carbonyl (C=O) groups is 1.